The highest BCUT2D eigenvalue weighted by Gasteiger charge is 2.49. The lowest BCUT2D eigenvalue weighted by atomic mass is 9.59. The highest BCUT2D eigenvalue weighted by atomic mass is 16.1. The van der Waals surface area contributed by atoms with Crippen molar-refractivity contribution in [3.8, 4) is 0 Å². The van der Waals surface area contributed by atoms with Gasteiger partial charge in [0.15, 0.2) is 0 Å². The van der Waals surface area contributed by atoms with Crippen molar-refractivity contribution >= 4 is 5.91 Å². The van der Waals surface area contributed by atoms with Gasteiger partial charge in [0.25, 0.3) is 0 Å². The Kier molecular flexibility index (Phi) is 3.12. The largest absolute Gasteiger partial charge is 0.366 e. The van der Waals surface area contributed by atoms with E-state index in [1.54, 1.807) is 0 Å². The number of nitrogens with zero attached hydrogens (tertiary/aromatic N) is 1. The van der Waals surface area contributed by atoms with E-state index < -0.39 is 0 Å². The number of hydrogen-bond acceptors (Lipinski definition) is 2. The van der Waals surface area contributed by atoms with Crippen LogP contribution in [-0.4, -0.2) is 29.9 Å². The summed E-state index contributed by atoms with van der Waals surface area (Å²) in [6, 6.07) is 6.78. The maximum atomic E-state index is 11.5. The minimum atomic E-state index is -0.313. The van der Waals surface area contributed by atoms with Gasteiger partial charge >= 0.3 is 0 Å². The van der Waals surface area contributed by atoms with Crippen LogP contribution in [0, 0.1) is 11.8 Å². The van der Waals surface area contributed by atoms with E-state index in [0.29, 0.717) is 17.5 Å². The number of benzene rings is 1. The van der Waals surface area contributed by atoms with Crippen LogP contribution in [-0.2, 0) is 11.8 Å². The Labute approximate surface area is 132 Å². The smallest absolute Gasteiger partial charge is 0.248 e. The standard InChI is InChI=1S/C19H26N2O/c1-12-17-10-14-5-6-15(18(20)22)9-16(14)19(12,2)7-8-21(17)11-13-3-4-13/h5-6,9,12-13,17H,3-4,7-8,10-11H2,1-2H3,(H2,20,22)/t12-,17?,19+/m0/s1. The van der Waals surface area contributed by atoms with E-state index in [4.69, 9.17) is 5.73 Å². The van der Waals surface area contributed by atoms with Gasteiger partial charge in [-0.15, -0.1) is 0 Å². The first-order chi connectivity index (χ1) is 10.5. The Hall–Kier alpha value is -1.35. The minimum Gasteiger partial charge on any atom is -0.366 e. The molecule has 0 radical (unpaired) electrons. The molecular weight excluding hydrogens is 272 g/mol. The zero-order valence-corrected chi connectivity index (χ0v) is 13.6. The summed E-state index contributed by atoms with van der Waals surface area (Å²) in [6.07, 6.45) is 5.16. The molecule has 0 aromatic heterocycles. The number of nitrogens with two attached hydrogens (primary N) is 1. The summed E-state index contributed by atoms with van der Waals surface area (Å²) in [5.74, 6) is 1.28. The molecule has 118 valence electrons. The fourth-order valence-corrected chi connectivity index (χ4v) is 4.72. The maximum Gasteiger partial charge on any atom is 0.248 e. The molecule has 0 spiro atoms. The molecule has 1 amide bonds. The molecule has 3 nitrogen and oxygen atoms in total. The van der Waals surface area contributed by atoms with E-state index in [2.05, 4.69) is 30.9 Å². The second kappa shape index (κ2) is 4.82. The van der Waals surface area contributed by atoms with E-state index >= 15 is 0 Å². The van der Waals surface area contributed by atoms with Crippen LogP contribution < -0.4 is 5.73 Å². The van der Waals surface area contributed by atoms with E-state index in [-0.39, 0.29) is 11.3 Å². The van der Waals surface area contributed by atoms with Gasteiger partial charge in [0.2, 0.25) is 5.91 Å². The first-order valence-electron chi connectivity index (χ1n) is 8.66. The quantitative estimate of drug-likeness (QED) is 0.932. The minimum absolute atomic E-state index is 0.184. The average Bonchev–Trinajstić information content (AvgIpc) is 3.29. The van der Waals surface area contributed by atoms with Crippen LogP contribution in [0.5, 0.6) is 0 Å². The van der Waals surface area contributed by atoms with Crippen molar-refractivity contribution < 1.29 is 4.79 Å². The van der Waals surface area contributed by atoms with Crippen LogP contribution >= 0.6 is 0 Å². The molecule has 3 aliphatic rings. The van der Waals surface area contributed by atoms with Crippen molar-refractivity contribution in [3.05, 3.63) is 34.9 Å². The van der Waals surface area contributed by atoms with Gasteiger partial charge in [-0.25, -0.2) is 0 Å². The zero-order chi connectivity index (χ0) is 15.5. The molecule has 3 atom stereocenters. The van der Waals surface area contributed by atoms with Gasteiger partial charge in [-0.05, 0) is 72.7 Å². The van der Waals surface area contributed by atoms with Gasteiger partial charge in [0.05, 0.1) is 0 Å². The molecule has 1 heterocycles. The van der Waals surface area contributed by atoms with Crippen LogP contribution in [0.3, 0.4) is 0 Å². The van der Waals surface area contributed by atoms with Crippen molar-refractivity contribution in [3.63, 3.8) is 0 Å². The fraction of sp³-hybridized carbons (Fsp3) is 0.632. The predicted octanol–water partition coefficient (Wildman–Crippen LogP) is 2.72. The van der Waals surface area contributed by atoms with Gasteiger partial charge in [-0.2, -0.15) is 0 Å². The van der Waals surface area contributed by atoms with Gasteiger partial charge in [0, 0.05) is 18.2 Å². The maximum absolute atomic E-state index is 11.5. The fourth-order valence-electron chi connectivity index (χ4n) is 4.72. The number of likely N-dealkylation sites (tertiary alicyclic amines) is 1. The van der Waals surface area contributed by atoms with E-state index in [1.807, 2.05) is 6.07 Å². The Bertz CT molecular complexity index is 622. The summed E-state index contributed by atoms with van der Waals surface area (Å²) in [5, 5.41) is 0. The predicted molar refractivity (Wildman–Crippen MR) is 87.9 cm³/mol. The molecule has 1 aromatic carbocycles. The van der Waals surface area contributed by atoms with Crippen LogP contribution in [0.2, 0.25) is 0 Å². The number of carbonyl (C=O) groups excluding carboxylic acids is 1. The molecule has 1 aromatic rings. The van der Waals surface area contributed by atoms with Gasteiger partial charge < -0.3 is 5.73 Å². The molecule has 2 fully saturated rings. The molecule has 4 rings (SSSR count). The third-order valence-corrected chi connectivity index (χ3v) is 6.60. The second-order valence-corrected chi connectivity index (χ2v) is 7.90. The Morgan fingerprint density at radius 1 is 1.41 bits per heavy atom. The third kappa shape index (κ3) is 2.10. The van der Waals surface area contributed by atoms with Crippen molar-refractivity contribution in [1.29, 1.82) is 0 Å². The molecule has 2 aliphatic carbocycles. The van der Waals surface area contributed by atoms with E-state index in [9.17, 15) is 4.79 Å². The van der Waals surface area contributed by atoms with Crippen molar-refractivity contribution in [2.24, 2.45) is 17.6 Å². The van der Waals surface area contributed by atoms with Crippen LogP contribution in [0.25, 0.3) is 0 Å². The molecule has 1 aliphatic heterocycles. The molecule has 2 N–H and O–H groups in total. The first kappa shape index (κ1) is 14.3. The van der Waals surface area contributed by atoms with Gasteiger partial charge in [-0.1, -0.05) is 19.9 Å². The Balaban J connectivity index is 1.72. The molecular formula is C19H26N2O. The average molecular weight is 298 g/mol. The summed E-state index contributed by atoms with van der Waals surface area (Å²) < 4.78 is 0. The lowest BCUT2D eigenvalue weighted by Gasteiger charge is -2.55. The van der Waals surface area contributed by atoms with Crippen molar-refractivity contribution in [2.75, 3.05) is 13.1 Å². The summed E-state index contributed by atoms with van der Waals surface area (Å²) in [7, 11) is 0. The summed E-state index contributed by atoms with van der Waals surface area (Å²) >= 11 is 0. The number of hydrogen-bond donors (Lipinski definition) is 1. The normalized spacial score (nSPS) is 34.3. The third-order valence-electron chi connectivity index (χ3n) is 6.60. The SMILES string of the molecule is C[C@H]1C2Cc3ccc(C(N)=O)cc3[C@]1(C)CCN2CC1CC1. The first-order valence-corrected chi connectivity index (χ1v) is 8.66. The topological polar surface area (TPSA) is 46.3 Å². The summed E-state index contributed by atoms with van der Waals surface area (Å²) in [5.41, 5.74) is 9.13. The number of amides is 1. The Morgan fingerprint density at radius 2 is 2.18 bits per heavy atom. The molecule has 22 heavy (non-hydrogen) atoms. The lowest BCUT2D eigenvalue weighted by molar-refractivity contribution is 0.0284. The van der Waals surface area contributed by atoms with Crippen LogP contribution in [0.1, 0.15) is 54.6 Å². The Morgan fingerprint density at radius 3 is 2.86 bits per heavy atom. The number of primary amides is 1. The van der Waals surface area contributed by atoms with Gasteiger partial charge in [-0.3, -0.25) is 9.69 Å². The number of fused-ring (bicyclic) bond motifs is 4. The molecule has 1 unspecified atom stereocenters. The molecule has 2 bridgehead atoms. The van der Waals surface area contributed by atoms with Crippen LogP contribution in [0.4, 0.5) is 0 Å². The molecule has 1 saturated carbocycles. The number of rotatable bonds is 3. The van der Waals surface area contributed by atoms with Gasteiger partial charge in [0.1, 0.15) is 0 Å². The van der Waals surface area contributed by atoms with E-state index in [1.165, 1.54) is 43.5 Å². The monoisotopic (exact) mass is 298 g/mol. The highest BCUT2D eigenvalue weighted by Crippen LogP contribution is 2.49. The zero-order valence-electron chi connectivity index (χ0n) is 13.6. The van der Waals surface area contributed by atoms with Crippen molar-refractivity contribution in [2.45, 2.75) is 51.0 Å². The lowest BCUT2D eigenvalue weighted by Crippen LogP contribution is -2.58. The highest BCUT2D eigenvalue weighted by molar-refractivity contribution is 5.93. The molecule has 3 heteroatoms. The van der Waals surface area contributed by atoms with Crippen molar-refractivity contribution in [1.82, 2.24) is 4.90 Å². The van der Waals surface area contributed by atoms with E-state index in [0.717, 1.165) is 12.3 Å². The summed E-state index contributed by atoms with van der Waals surface area (Å²) in [4.78, 5) is 14.3. The van der Waals surface area contributed by atoms with Crippen LogP contribution in [0.15, 0.2) is 18.2 Å². The molecule has 1 saturated heterocycles. The number of carbonyl (C=O) groups is 1. The summed E-state index contributed by atoms with van der Waals surface area (Å²) in [6.45, 7) is 7.29. The second-order valence-electron chi connectivity index (χ2n) is 7.90. The number of piperidine rings is 1.